The third-order valence-electron chi connectivity index (χ3n) is 3.87. The highest BCUT2D eigenvalue weighted by molar-refractivity contribution is 5.43. The number of hydrogen-bond donors (Lipinski definition) is 1. The van der Waals surface area contributed by atoms with E-state index in [-0.39, 0.29) is 5.41 Å². The molecule has 2 nitrogen and oxygen atoms in total. The Morgan fingerprint density at radius 2 is 1.84 bits per heavy atom. The minimum Gasteiger partial charge on any atom is -0.496 e. The molecule has 2 heteroatoms. The van der Waals surface area contributed by atoms with Gasteiger partial charge >= 0.3 is 0 Å². The highest BCUT2D eigenvalue weighted by Crippen LogP contribution is 2.28. The molecule has 0 saturated heterocycles. The van der Waals surface area contributed by atoms with Crippen molar-refractivity contribution in [3.63, 3.8) is 0 Å². The Bertz CT molecular complexity index is 418. The van der Waals surface area contributed by atoms with E-state index < -0.39 is 0 Å². The molecule has 0 amide bonds. The largest absolute Gasteiger partial charge is 0.496 e. The van der Waals surface area contributed by atoms with Crippen molar-refractivity contribution in [2.75, 3.05) is 14.2 Å². The van der Waals surface area contributed by atoms with Crippen LogP contribution in [0, 0.1) is 19.3 Å². The summed E-state index contributed by atoms with van der Waals surface area (Å²) in [5, 5.41) is 3.44. The molecule has 0 saturated carbocycles. The van der Waals surface area contributed by atoms with Crippen molar-refractivity contribution in [2.24, 2.45) is 5.41 Å². The van der Waals surface area contributed by atoms with Crippen LogP contribution in [0.5, 0.6) is 5.75 Å². The van der Waals surface area contributed by atoms with Crippen LogP contribution < -0.4 is 10.1 Å². The maximum absolute atomic E-state index is 5.54. The zero-order valence-corrected chi connectivity index (χ0v) is 13.6. The Labute approximate surface area is 118 Å². The normalized spacial score (nSPS) is 13.4. The van der Waals surface area contributed by atoms with E-state index in [1.165, 1.54) is 16.7 Å². The fraction of sp³-hybridized carbons (Fsp3) is 0.647. The Balaban J connectivity index is 2.88. The second-order valence-electron chi connectivity index (χ2n) is 6.51. The van der Waals surface area contributed by atoms with Gasteiger partial charge in [-0.25, -0.2) is 0 Å². The van der Waals surface area contributed by atoms with Gasteiger partial charge in [0, 0.05) is 6.04 Å². The van der Waals surface area contributed by atoms with Gasteiger partial charge in [-0.05, 0) is 61.9 Å². The van der Waals surface area contributed by atoms with Gasteiger partial charge in [0.05, 0.1) is 7.11 Å². The van der Waals surface area contributed by atoms with Gasteiger partial charge in [0.25, 0.3) is 0 Å². The molecule has 1 rings (SSSR count). The maximum atomic E-state index is 5.54. The number of ether oxygens (including phenoxy) is 1. The lowest BCUT2D eigenvalue weighted by Crippen LogP contribution is -2.38. The molecule has 0 aliphatic rings. The lowest BCUT2D eigenvalue weighted by molar-refractivity contribution is 0.267. The minimum atomic E-state index is 0.278. The number of hydrogen-bond acceptors (Lipinski definition) is 2. The van der Waals surface area contributed by atoms with Crippen LogP contribution in [-0.4, -0.2) is 20.2 Å². The molecule has 0 aliphatic heterocycles. The zero-order valence-electron chi connectivity index (χ0n) is 13.6. The second kappa shape index (κ2) is 6.42. The summed E-state index contributed by atoms with van der Waals surface area (Å²) in [6, 6.07) is 4.88. The standard InChI is InChI=1S/C17H29NO/c1-12-10-13(2)14(15(11-12)19-7)8-9-16(18-6)17(3,4)5/h10-11,16,18H,8-9H2,1-7H3. The highest BCUT2D eigenvalue weighted by atomic mass is 16.5. The summed E-state index contributed by atoms with van der Waals surface area (Å²) in [5.41, 5.74) is 4.22. The first kappa shape index (κ1) is 16.0. The van der Waals surface area contributed by atoms with Crippen LogP contribution in [-0.2, 0) is 6.42 Å². The summed E-state index contributed by atoms with van der Waals surface area (Å²) in [5.74, 6) is 1.03. The average molecular weight is 263 g/mol. The van der Waals surface area contributed by atoms with Crippen LogP contribution in [0.15, 0.2) is 12.1 Å². The number of benzene rings is 1. The van der Waals surface area contributed by atoms with E-state index in [1.807, 2.05) is 0 Å². The monoisotopic (exact) mass is 263 g/mol. The van der Waals surface area contributed by atoms with Gasteiger partial charge in [0.2, 0.25) is 0 Å². The van der Waals surface area contributed by atoms with E-state index in [0.29, 0.717) is 6.04 Å². The summed E-state index contributed by atoms with van der Waals surface area (Å²) in [4.78, 5) is 0. The second-order valence-corrected chi connectivity index (χ2v) is 6.51. The van der Waals surface area contributed by atoms with Crippen molar-refractivity contribution >= 4 is 0 Å². The van der Waals surface area contributed by atoms with Crippen LogP contribution in [0.2, 0.25) is 0 Å². The van der Waals surface area contributed by atoms with Crippen LogP contribution >= 0.6 is 0 Å². The van der Waals surface area contributed by atoms with Gasteiger partial charge in [-0.3, -0.25) is 0 Å². The van der Waals surface area contributed by atoms with Crippen molar-refractivity contribution in [1.82, 2.24) is 5.32 Å². The van der Waals surface area contributed by atoms with E-state index >= 15 is 0 Å². The smallest absolute Gasteiger partial charge is 0.122 e. The summed E-state index contributed by atoms with van der Waals surface area (Å²) >= 11 is 0. The first-order valence-electron chi connectivity index (χ1n) is 7.11. The molecule has 1 unspecified atom stereocenters. The number of aryl methyl sites for hydroxylation is 2. The molecule has 0 spiro atoms. The van der Waals surface area contributed by atoms with Gasteiger partial charge < -0.3 is 10.1 Å². The fourth-order valence-corrected chi connectivity index (χ4v) is 2.76. The van der Waals surface area contributed by atoms with E-state index in [4.69, 9.17) is 4.74 Å². The molecule has 1 aromatic carbocycles. The summed E-state index contributed by atoms with van der Waals surface area (Å²) < 4.78 is 5.54. The third-order valence-corrected chi connectivity index (χ3v) is 3.87. The number of methoxy groups -OCH3 is 1. The molecule has 1 N–H and O–H groups in total. The predicted octanol–water partition coefficient (Wildman–Crippen LogP) is 3.88. The van der Waals surface area contributed by atoms with Gasteiger partial charge in [-0.2, -0.15) is 0 Å². The molecule has 0 aromatic heterocycles. The fourth-order valence-electron chi connectivity index (χ4n) is 2.76. The van der Waals surface area contributed by atoms with Crippen molar-refractivity contribution < 1.29 is 4.74 Å². The van der Waals surface area contributed by atoms with E-state index in [9.17, 15) is 0 Å². The lowest BCUT2D eigenvalue weighted by Gasteiger charge is -2.30. The van der Waals surface area contributed by atoms with Crippen molar-refractivity contribution in [2.45, 2.75) is 53.5 Å². The molecule has 0 bridgehead atoms. The summed E-state index contributed by atoms with van der Waals surface area (Å²) in [7, 11) is 3.81. The van der Waals surface area contributed by atoms with Crippen LogP contribution in [0.4, 0.5) is 0 Å². The van der Waals surface area contributed by atoms with E-state index in [1.54, 1.807) is 7.11 Å². The van der Waals surface area contributed by atoms with Crippen molar-refractivity contribution in [3.05, 3.63) is 28.8 Å². The molecule has 108 valence electrons. The van der Waals surface area contributed by atoms with Gasteiger partial charge in [0.15, 0.2) is 0 Å². The van der Waals surface area contributed by atoms with E-state index in [2.05, 4.69) is 59.1 Å². The Hall–Kier alpha value is -1.02. The van der Waals surface area contributed by atoms with Crippen molar-refractivity contribution in [3.8, 4) is 5.75 Å². The molecule has 0 heterocycles. The van der Waals surface area contributed by atoms with Crippen molar-refractivity contribution in [1.29, 1.82) is 0 Å². The zero-order chi connectivity index (χ0) is 14.6. The molecule has 1 aromatic rings. The molecule has 0 radical (unpaired) electrons. The molecule has 1 atom stereocenters. The minimum absolute atomic E-state index is 0.278. The first-order valence-corrected chi connectivity index (χ1v) is 7.11. The Morgan fingerprint density at radius 1 is 1.21 bits per heavy atom. The topological polar surface area (TPSA) is 21.3 Å². The SMILES string of the molecule is CNC(CCc1c(C)cc(C)cc1OC)C(C)(C)C. The van der Waals surface area contributed by atoms with Gasteiger partial charge in [-0.15, -0.1) is 0 Å². The predicted molar refractivity (Wildman–Crippen MR) is 83.1 cm³/mol. The number of rotatable bonds is 5. The first-order chi connectivity index (χ1) is 8.79. The highest BCUT2D eigenvalue weighted by Gasteiger charge is 2.23. The summed E-state index contributed by atoms with van der Waals surface area (Å²) in [6.07, 6.45) is 2.18. The summed E-state index contributed by atoms with van der Waals surface area (Å²) in [6.45, 7) is 11.1. The Kier molecular flexibility index (Phi) is 5.42. The van der Waals surface area contributed by atoms with Crippen LogP contribution in [0.1, 0.15) is 43.9 Å². The number of nitrogens with one attached hydrogen (secondary N) is 1. The average Bonchev–Trinajstić information content (AvgIpc) is 2.29. The van der Waals surface area contributed by atoms with Crippen LogP contribution in [0.25, 0.3) is 0 Å². The van der Waals surface area contributed by atoms with Crippen LogP contribution in [0.3, 0.4) is 0 Å². The quantitative estimate of drug-likeness (QED) is 0.870. The molecule has 0 aliphatic carbocycles. The van der Waals surface area contributed by atoms with E-state index in [0.717, 1.165) is 18.6 Å². The maximum Gasteiger partial charge on any atom is 0.122 e. The van der Waals surface area contributed by atoms with Gasteiger partial charge in [0.1, 0.15) is 5.75 Å². The molecular formula is C17H29NO. The third kappa shape index (κ3) is 4.24. The Morgan fingerprint density at radius 3 is 2.32 bits per heavy atom. The molecular weight excluding hydrogens is 234 g/mol. The molecule has 19 heavy (non-hydrogen) atoms. The lowest BCUT2D eigenvalue weighted by atomic mass is 9.83. The van der Waals surface area contributed by atoms with Gasteiger partial charge in [-0.1, -0.05) is 26.8 Å². The molecule has 0 fully saturated rings.